The monoisotopic (exact) mass is 248 g/mol. The first kappa shape index (κ1) is 10.8. The summed E-state index contributed by atoms with van der Waals surface area (Å²) >= 11 is 0. The number of amides is 1. The smallest absolute Gasteiger partial charge is 0.262 e. The van der Waals surface area contributed by atoms with Crippen LogP contribution in [0.2, 0.25) is 0 Å². The van der Waals surface area contributed by atoms with Crippen LogP contribution < -0.4 is 11.1 Å². The van der Waals surface area contributed by atoms with Gasteiger partial charge in [-0.2, -0.15) is 0 Å². The molecule has 1 aliphatic rings. The first-order valence-electron chi connectivity index (χ1n) is 5.52. The zero-order valence-electron chi connectivity index (χ0n) is 9.47. The molecule has 1 fully saturated rings. The van der Waals surface area contributed by atoms with Crippen molar-refractivity contribution in [1.82, 2.24) is 35.3 Å². The van der Waals surface area contributed by atoms with Gasteiger partial charge in [0.15, 0.2) is 0 Å². The molecule has 0 aliphatic carbocycles. The number of aromatic nitrogens is 6. The normalized spacial score (nSPS) is 27.4. The molecule has 3 rings (SSSR count). The van der Waals surface area contributed by atoms with E-state index in [0.29, 0.717) is 13.0 Å². The van der Waals surface area contributed by atoms with Crippen molar-refractivity contribution in [3.8, 4) is 0 Å². The number of carbonyl (C=O) groups excluding carboxylic acids is 1. The molecule has 18 heavy (non-hydrogen) atoms. The second-order valence-electron chi connectivity index (χ2n) is 4.09. The van der Waals surface area contributed by atoms with Crippen molar-refractivity contribution in [2.75, 3.05) is 6.54 Å². The fraction of sp³-hybridized carbons (Fsp3) is 0.444. The topological polar surface area (TPSA) is 117 Å². The lowest BCUT2D eigenvalue weighted by Gasteiger charge is -2.31. The summed E-state index contributed by atoms with van der Waals surface area (Å²) < 4.78 is 3.06. The molecule has 0 saturated carbocycles. The Kier molecular flexibility index (Phi) is 2.33. The first-order chi connectivity index (χ1) is 8.75. The van der Waals surface area contributed by atoms with Crippen LogP contribution in [0.1, 0.15) is 12.5 Å². The lowest BCUT2D eigenvalue weighted by Crippen LogP contribution is -2.58. The van der Waals surface area contributed by atoms with E-state index in [4.69, 9.17) is 5.73 Å². The molecule has 2 aromatic heterocycles. The highest BCUT2D eigenvalue weighted by Crippen LogP contribution is 2.34. The number of nitrogens with one attached hydrogen (secondary N) is 1. The van der Waals surface area contributed by atoms with Crippen LogP contribution in [0, 0.1) is 0 Å². The fourth-order valence-corrected chi connectivity index (χ4v) is 2.43. The molecule has 1 aliphatic heterocycles. The van der Waals surface area contributed by atoms with E-state index in [0.717, 1.165) is 0 Å². The maximum Gasteiger partial charge on any atom is 0.262 e. The number of carbonyl (C=O) groups is 1. The molecule has 0 radical (unpaired) electrons. The van der Waals surface area contributed by atoms with Crippen molar-refractivity contribution in [3.05, 3.63) is 24.8 Å². The van der Waals surface area contributed by atoms with Crippen LogP contribution in [0.25, 0.3) is 0 Å². The van der Waals surface area contributed by atoms with Gasteiger partial charge in [-0.3, -0.25) is 10.1 Å². The third-order valence-electron chi connectivity index (χ3n) is 3.21. The standard InChI is InChI=1S/C9H12N8O/c10-8(18)9(17-6-4-13-15-17)7(1-2-11-9)16-5-3-12-14-16/h3-7,11H,1-2H2,(H2,10,18). The summed E-state index contributed by atoms with van der Waals surface area (Å²) in [7, 11) is 0. The first-order valence-corrected chi connectivity index (χ1v) is 5.52. The number of rotatable bonds is 3. The summed E-state index contributed by atoms with van der Waals surface area (Å²) in [5.41, 5.74) is 4.42. The molecule has 3 N–H and O–H groups in total. The van der Waals surface area contributed by atoms with Crippen molar-refractivity contribution >= 4 is 5.91 Å². The minimum atomic E-state index is -1.15. The van der Waals surface area contributed by atoms with Gasteiger partial charge in [-0.05, 0) is 6.42 Å². The second-order valence-corrected chi connectivity index (χ2v) is 4.09. The van der Waals surface area contributed by atoms with Gasteiger partial charge < -0.3 is 5.73 Å². The van der Waals surface area contributed by atoms with Crippen LogP contribution >= 0.6 is 0 Å². The van der Waals surface area contributed by atoms with Crippen LogP contribution in [-0.4, -0.2) is 42.4 Å². The highest BCUT2D eigenvalue weighted by atomic mass is 16.2. The molecular formula is C9H12N8O. The van der Waals surface area contributed by atoms with E-state index in [1.807, 2.05) is 0 Å². The van der Waals surface area contributed by atoms with E-state index >= 15 is 0 Å². The van der Waals surface area contributed by atoms with Crippen LogP contribution in [-0.2, 0) is 10.5 Å². The van der Waals surface area contributed by atoms with Crippen molar-refractivity contribution < 1.29 is 4.79 Å². The van der Waals surface area contributed by atoms with E-state index in [9.17, 15) is 4.79 Å². The van der Waals surface area contributed by atoms with Gasteiger partial charge in [0.2, 0.25) is 5.66 Å². The van der Waals surface area contributed by atoms with Crippen LogP contribution in [0.15, 0.2) is 24.8 Å². The predicted octanol–water partition coefficient (Wildman–Crippen LogP) is -1.76. The average Bonchev–Trinajstić information content (AvgIpc) is 3.10. The van der Waals surface area contributed by atoms with Crippen LogP contribution in [0.3, 0.4) is 0 Å². The summed E-state index contributed by atoms with van der Waals surface area (Å²) in [6.07, 6.45) is 7.07. The van der Waals surface area contributed by atoms with Crippen molar-refractivity contribution in [2.45, 2.75) is 18.1 Å². The Hall–Kier alpha value is -2.29. The highest BCUT2D eigenvalue weighted by Gasteiger charge is 2.52. The lowest BCUT2D eigenvalue weighted by molar-refractivity contribution is -0.130. The number of primary amides is 1. The Morgan fingerprint density at radius 1 is 1.33 bits per heavy atom. The molecule has 1 saturated heterocycles. The largest absolute Gasteiger partial charge is 0.366 e. The number of hydrogen-bond donors (Lipinski definition) is 2. The maximum atomic E-state index is 11.9. The van der Waals surface area contributed by atoms with E-state index in [-0.39, 0.29) is 6.04 Å². The molecule has 0 spiro atoms. The van der Waals surface area contributed by atoms with Gasteiger partial charge in [-0.1, -0.05) is 10.4 Å². The van der Waals surface area contributed by atoms with Gasteiger partial charge in [0.05, 0.1) is 12.4 Å². The van der Waals surface area contributed by atoms with E-state index < -0.39 is 11.6 Å². The highest BCUT2D eigenvalue weighted by molar-refractivity contribution is 5.83. The molecule has 2 atom stereocenters. The SMILES string of the molecule is NC(=O)C1(n2ccnn2)NCCC1n1ccnn1. The van der Waals surface area contributed by atoms with Crippen molar-refractivity contribution in [2.24, 2.45) is 5.73 Å². The Morgan fingerprint density at radius 3 is 2.72 bits per heavy atom. The van der Waals surface area contributed by atoms with Crippen LogP contribution in [0.4, 0.5) is 0 Å². The average molecular weight is 248 g/mol. The summed E-state index contributed by atoms with van der Waals surface area (Å²) in [6.45, 7) is 0.632. The Morgan fingerprint density at radius 2 is 2.11 bits per heavy atom. The molecule has 1 amide bonds. The lowest BCUT2D eigenvalue weighted by atomic mass is 10.0. The molecule has 0 aromatic carbocycles. The van der Waals surface area contributed by atoms with Crippen molar-refractivity contribution in [3.63, 3.8) is 0 Å². The predicted molar refractivity (Wildman–Crippen MR) is 58.9 cm³/mol. The maximum absolute atomic E-state index is 11.9. The third kappa shape index (κ3) is 1.34. The van der Waals surface area contributed by atoms with Gasteiger partial charge in [0.25, 0.3) is 5.91 Å². The van der Waals surface area contributed by atoms with E-state index in [1.54, 1.807) is 23.3 Å². The quantitative estimate of drug-likeness (QED) is 0.664. The number of nitrogens with zero attached hydrogens (tertiary/aromatic N) is 6. The van der Waals surface area contributed by atoms with Gasteiger partial charge in [-0.15, -0.1) is 10.2 Å². The minimum Gasteiger partial charge on any atom is -0.366 e. The third-order valence-corrected chi connectivity index (χ3v) is 3.21. The zero-order chi connectivity index (χ0) is 12.6. The molecule has 2 aromatic rings. The van der Waals surface area contributed by atoms with Gasteiger partial charge in [0.1, 0.15) is 6.04 Å². The molecule has 2 unspecified atom stereocenters. The van der Waals surface area contributed by atoms with Gasteiger partial charge in [-0.25, -0.2) is 9.36 Å². The molecule has 9 heteroatoms. The zero-order valence-corrected chi connectivity index (χ0v) is 9.47. The van der Waals surface area contributed by atoms with Crippen molar-refractivity contribution in [1.29, 1.82) is 0 Å². The Labute approximate surface area is 102 Å². The minimum absolute atomic E-state index is 0.279. The van der Waals surface area contributed by atoms with Gasteiger partial charge in [0, 0.05) is 18.9 Å². The number of hydrogen-bond acceptors (Lipinski definition) is 6. The molecule has 0 bridgehead atoms. The summed E-state index contributed by atoms with van der Waals surface area (Å²) in [6, 6.07) is -0.279. The fourth-order valence-electron chi connectivity index (χ4n) is 2.43. The van der Waals surface area contributed by atoms with E-state index in [1.165, 1.54) is 10.9 Å². The van der Waals surface area contributed by atoms with E-state index in [2.05, 4.69) is 25.9 Å². The summed E-state index contributed by atoms with van der Waals surface area (Å²) in [5.74, 6) is -0.522. The molecule has 9 nitrogen and oxygen atoms in total. The number of nitrogens with two attached hydrogens (primary N) is 1. The summed E-state index contributed by atoms with van der Waals surface area (Å²) in [4.78, 5) is 11.9. The second kappa shape index (κ2) is 3.88. The van der Waals surface area contributed by atoms with Crippen LogP contribution in [0.5, 0.6) is 0 Å². The Balaban J connectivity index is 2.11. The Bertz CT molecular complexity index is 535. The molecule has 3 heterocycles. The molecular weight excluding hydrogens is 236 g/mol. The molecule has 94 valence electrons. The summed E-state index contributed by atoms with van der Waals surface area (Å²) in [5, 5.41) is 18.4. The van der Waals surface area contributed by atoms with Gasteiger partial charge >= 0.3 is 0 Å².